The van der Waals surface area contributed by atoms with Crippen LogP contribution in [0.3, 0.4) is 0 Å². The van der Waals surface area contributed by atoms with Crippen LogP contribution in [0.4, 0.5) is 0 Å². The SMILES string of the molecule is CCCCNC(=O)C1=NN=C[C@H]1[N+](=O)[O-]. The molecule has 0 spiro atoms. The van der Waals surface area contributed by atoms with Gasteiger partial charge in [0.25, 0.3) is 11.9 Å². The molecule has 15 heavy (non-hydrogen) atoms. The van der Waals surface area contributed by atoms with Crippen LogP contribution >= 0.6 is 0 Å². The minimum atomic E-state index is -1.20. The molecule has 1 amide bonds. The van der Waals surface area contributed by atoms with E-state index in [1.165, 1.54) is 0 Å². The van der Waals surface area contributed by atoms with Crippen LogP contribution in [0.15, 0.2) is 10.2 Å². The van der Waals surface area contributed by atoms with Crippen LogP contribution in [0.5, 0.6) is 0 Å². The van der Waals surface area contributed by atoms with Crippen molar-refractivity contribution in [3.63, 3.8) is 0 Å². The molecule has 82 valence electrons. The van der Waals surface area contributed by atoms with Crippen molar-refractivity contribution < 1.29 is 9.72 Å². The Labute approximate surface area is 86.4 Å². The van der Waals surface area contributed by atoms with Crippen molar-refractivity contribution in [1.82, 2.24) is 5.32 Å². The second kappa shape index (κ2) is 5.18. The average Bonchev–Trinajstić information content (AvgIpc) is 2.66. The van der Waals surface area contributed by atoms with Crippen LogP contribution < -0.4 is 5.32 Å². The van der Waals surface area contributed by atoms with Crippen LogP contribution in [0.2, 0.25) is 0 Å². The zero-order valence-corrected chi connectivity index (χ0v) is 8.34. The normalized spacial score (nSPS) is 18.7. The summed E-state index contributed by atoms with van der Waals surface area (Å²) in [6, 6.07) is -1.20. The monoisotopic (exact) mass is 212 g/mol. The molecule has 0 aliphatic carbocycles. The van der Waals surface area contributed by atoms with Gasteiger partial charge in [0.05, 0.1) is 0 Å². The molecule has 0 unspecified atom stereocenters. The van der Waals surface area contributed by atoms with Crippen LogP contribution in [0, 0.1) is 10.1 Å². The first-order valence-electron chi connectivity index (χ1n) is 4.69. The first kappa shape index (κ1) is 11.3. The Hall–Kier alpha value is -1.79. The second-order valence-electron chi connectivity index (χ2n) is 3.09. The van der Waals surface area contributed by atoms with Crippen LogP contribution in [0.25, 0.3) is 0 Å². The highest BCUT2D eigenvalue weighted by Crippen LogP contribution is 2.01. The smallest absolute Gasteiger partial charge is 0.298 e. The number of nitrogens with zero attached hydrogens (tertiary/aromatic N) is 3. The van der Waals surface area contributed by atoms with Crippen molar-refractivity contribution in [1.29, 1.82) is 0 Å². The number of nitrogens with one attached hydrogen (secondary N) is 1. The van der Waals surface area contributed by atoms with Gasteiger partial charge in [-0.15, -0.1) is 5.10 Å². The Balaban J connectivity index is 2.50. The number of carbonyl (C=O) groups excluding carboxylic acids is 1. The predicted molar refractivity (Wildman–Crippen MR) is 54.6 cm³/mol. The summed E-state index contributed by atoms with van der Waals surface area (Å²) in [5.41, 5.74) is -0.142. The highest BCUT2D eigenvalue weighted by Gasteiger charge is 2.34. The standard InChI is InChI=1S/C8H12N4O3/c1-2-3-4-9-8(13)7-6(12(14)15)5-10-11-7/h5-6H,2-4H2,1H3,(H,9,13)/t6-/m1/s1. The molecule has 0 fully saturated rings. The molecule has 0 saturated heterocycles. The molecule has 7 heteroatoms. The maximum Gasteiger partial charge on any atom is 0.298 e. The molecule has 0 aromatic rings. The molecule has 1 N–H and O–H groups in total. The van der Waals surface area contributed by atoms with Gasteiger partial charge in [-0.2, -0.15) is 5.10 Å². The van der Waals surface area contributed by atoms with Crippen molar-refractivity contribution in [3.05, 3.63) is 10.1 Å². The van der Waals surface area contributed by atoms with E-state index in [0.717, 1.165) is 19.1 Å². The highest BCUT2D eigenvalue weighted by atomic mass is 16.6. The van der Waals surface area contributed by atoms with Gasteiger partial charge < -0.3 is 5.32 Å². The number of unbranched alkanes of at least 4 members (excludes halogenated alkanes) is 1. The third-order valence-corrected chi connectivity index (χ3v) is 1.93. The maximum atomic E-state index is 11.4. The first-order valence-corrected chi connectivity index (χ1v) is 4.69. The molecule has 0 saturated carbocycles. The van der Waals surface area contributed by atoms with Gasteiger partial charge in [0.2, 0.25) is 5.71 Å². The molecule has 1 atom stereocenters. The lowest BCUT2D eigenvalue weighted by Gasteiger charge is -2.04. The topological polar surface area (TPSA) is 97.0 Å². The molecular weight excluding hydrogens is 200 g/mol. The first-order chi connectivity index (χ1) is 7.16. The fourth-order valence-electron chi connectivity index (χ4n) is 1.09. The molecule has 0 aromatic heterocycles. The third kappa shape index (κ3) is 2.83. The maximum absolute atomic E-state index is 11.4. The van der Waals surface area contributed by atoms with Crippen LogP contribution in [-0.2, 0) is 4.79 Å². The van der Waals surface area contributed by atoms with Crippen molar-refractivity contribution >= 4 is 17.8 Å². The number of amides is 1. The van der Waals surface area contributed by atoms with E-state index in [-0.39, 0.29) is 5.71 Å². The zero-order chi connectivity index (χ0) is 11.3. The minimum absolute atomic E-state index is 0.142. The summed E-state index contributed by atoms with van der Waals surface area (Å²) in [7, 11) is 0. The quantitative estimate of drug-likeness (QED) is 0.394. The third-order valence-electron chi connectivity index (χ3n) is 1.93. The molecular formula is C8H12N4O3. The van der Waals surface area contributed by atoms with Crippen molar-refractivity contribution in [2.75, 3.05) is 6.54 Å². The summed E-state index contributed by atoms with van der Waals surface area (Å²) in [6.45, 7) is 2.49. The van der Waals surface area contributed by atoms with E-state index in [1.807, 2.05) is 6.92 Å². The van der Waals surface area contributed by atoms with E-state index in [0.29, 0.717) is 6.54 Å². The van der Waals surface area contributed by atoms with Crippen LogP contribution in [0.1, 0.15) is 19.8 Å². The molecule has 0 radical (unpaired) electrons. The van der Waals surface area contributed by atoms with Crippen LogP contribution in [-0.4, -0.2) is 35.3 Å². The lowest BCUT2D eigenvalue weighted by Crippen LogP contribution is -2.41. The number of carbonyl (C=O) groups is 1. The Kier molecular flexibility index (Phi) is 3.90. The van der Waals surface area contributed by atoms with E-state index in [1.54, 1.807) is 0 Å². The van der Waals surface area contributed by atoms with E-state index in [4.69, 9.17) is 0 Å². The van der Waals surface area contributed by atoms with Gasteiger partial charge in [0, 0.05) is 11.5 Å². The van der Waals surface area contributed by atoms with Crippen molar-refractivity contribution in [2.45, 2.75) is 25.8 Å². The minimum Gasteiger partial charge on any atom is -0.351 e. The number of hydrogen-bond donors (Lipinski definition) is 1. The fourth-order valence-corrected chi connectivity index (χ4v) is 1.09. The molecule has 1 heterocycles. The Morgan fingerprint density at radius 3 is 3.07 bits per heavy atom. The van der Waals surface area contributed by atoms with Gasteiger partial charge in [0.15, 0.2) is 0 Å². The van der Waals surface area contributed by atoms with Crippen molar-refractivity contribution in [3.8, 4) is 0 Å². The average molecular weight is 212 g/mol. The number of nitro groups is 1. The summed E-state index contributed by atoms with van der Waals surface area (Å²) in [6.07, 6.45) is 2.83. The summed E-state index contributed by atoms with van der Waals surface area (Å²) >= 11 is 0. The second-order valence-corrected chi connectivity index (χ2v) is 3.09. The molecule has 0 aromatic carbocycles. The summed E-state index contributed by atoms with van der Waals surface area (Å²) in [5, 5.41) is 19.9. The Morgan fingerprint density at radius 1 is 1.73 bits per heavy atom. The number of hydrogen-bond acceptors (Lipinski definition) is 5. The van der Waals surface area contributed by atoms with Gasteiger partial charge >= 0.3 is 0 Å². The molecule has 1 rings (SSSR count). The van der Waals surface area contributed by atoms with Gasteiger partial charge in [0.1, 0.15) is 6.21 Å². The lowest BCUT2D eigenvalue weighted by molar-refractivity contribution is -0.482. The molecule has 7 nitrogen and oxygen atoms in total. The zero-order valence-electron chi connectivity index (χ0n) is 8.34. The molecule has 1 aliphatic heterocycles. The summed E-state index contributed by atoms with van der Waals surface area (Å²) in [4.78, 5) is 21.3. The summed E-state index contributed by atoms with van der Waals surface area (Å²) < 4.78 is 0. The highest BCUT2D eigenvalue weighted by molar-refractivity contribution is 6.44. The largest absolute Gasteiger partial charge is 0.351 e. The van der Waals surface area contributed by atoms with E-state index >= 15 is 0 Å². The van der Waals surface area contributed by atoms with Gasteiger partial charge in [-0.25, -0.2) is 0 Å². The van der Waals surface area contributed by atoms with E-state index in [9.17, 15) is 14.9 Å². The predicted octanol–water partition coefficient (Wildman–Crippen LogP) is -0.0116. The fraction of sp³-hybridized carbons (Fsp3) is 0.625. The van der Waals surface area contributed by atoms with Gasteiger partial charge in [-0.1, -0.05) is 13.3 Å². The van der Waals surface area contributed by atoms with Crippen molar-refractivity contribution in [2.24, 2.45) is 10.2 Å². The van der Waals surface area contributed by atoms with Gasteiger partial charge in [-0.05, 0) is 6.42 Å². The van der Waals surface area contributed by atoms with E-state index < -0.39 is 16.9 Å². The van der Waals surface area contributed by atoms with Gasteiger partial charge in [-0.3, -0.25) is 14.9 Å². The Bertz CT molecular complexity index is 324. The Morgan fingerprint density at radius 2 is 2.47 bits per heavy atom. The lowest BCUT2D eigenvalue weighted by atomic mass is 10.2. The number of rotatable bonds is 5. The summed E-state index contributed by atoms with van der Waals surface area (Å²) in [5.74, 6) is -0.511. The molecule has 0 bridgehead atoms. The molecule has 1 aliphatic rings. The van der Waals surface area contributed by atoms with E-state index in [2.05, 4.69) is 15.5 Å².